The highest BCUT2D eigenvalue weighted by Gasteiger charge is 2.36. The van der Waals surface area contributed by atoms with Crippen LogP contribution in [-0.2, 0) is 34.1 Å². The molecule has 0 spiro atoms. The van der Waals surface area contributed by atoms with Crippen LogP contribution in [0.15, 0.2) is 102 Å². The molecule has 0 unspecified atom stereocenters. The van der Waals surface area contributed by atoms with E-state index in [-0.39, 0.29) is 18.0 Å². The summed E-state index contributed by atoms with van der Waals surface area (Å²) in [7, 11) is -4.10. The quantitative estimate of drug-likeness (QED) is 0.199. The fourth-order valence-electron chi connectivity index (χ4n) is 5.67. The topological polar surface area (TPSA) is 98.7 Å². The van der Waals surface area contributed by atoms with Crippen molar-refractivity contribution in [2.24, 2.45) is 0 Å². The maximum Gasteiger partial charge on any atom is 0.416 e. The Balaban J connectivity index is 1.20. The predicted octanol–water partition coefficient (Wildman–Crippen LogP) is 4.87. The minimum absolute atomic E-state index is 0.0103. The highest BCUT2D eigenvalue weighted by molar-refractivity contribution is 7.89. The van der Waals surface area contributed by atoms with Crippen LogP contribution in [0.25, 0.3) is 11.3 Å². The Labute approximate surface area is 275 Å². The SMILES string of the molecule is O=C(NCc1cc(-c2ccc(C(F)(F)F)cc2)nc(N2CCN(Cc3ccccn3)CC2)c1)[C@@H]1C=CCN1S(=O)(=O)c1ccc(F)cc1. The van der Waals surface area contributed by atoms with E-state index >= 15 is 0 Å². The molecule has 4 heterocycles. The van der Waals surface area contributed by atoms with Crippen LogP contribution in [0.2, 0.25) is 0 Å². The maximum absolute atomic E-state index is 13.4. The van der Waals surface area contributed by atoms with Crippen molar-refractivity contribution < 1.29 is 30.8 Å². The van der Waals surface area contributed by atoms with Gasteiger partial charge < -0.3 is 10.2 Å². The number of nitrogens with one attached hydrogen (secondary N) is 1. The molecule has 250 valence electrons. The summed E-state index contributed by atoms with van der Waals surface area (Å²) in [5.41, 5.74) is 1.73. The molecule has 2 aliphatic rings. The molecular weight excluding hydrogens is 648 g/mol. The zero-order valence-electron chi connectivity index (χ0n) is 25.6. The third kappa shape index (κ3) is 7.56. The average Bonchev–Trinajstić information content (AvgIpc) is 3.59. The van der Waals surface area contributed by atoms with E-state index in [2.05, 4.69) is 20.1 Å². The Bertz CT molecular complexity index is 1880. The van der Waals surface area contributed by atoms with Crippen molar-refractivity contribution in [3.8, 4) is 11.3 Å². The van der Waals surface area contributed by atoms with E-state index in [1.54, 1.807) is 18.3 Å². The molecule has 6 rings (SSSR count). The number of amides is 1. The predicted molar refractivity (Wildman–Crippen MR) is 171 cm³/mol. The molecule has 0 saturated carbocycles. The lowest BCUT2D eigenvalue weighted by Gasteiger charge is -2.35. The first-order valence-electron chi connectivity index (χ1n) is 15.2. The third-order valence-electron chi connectivity index (χ3n) is 8.26. The Morgan fingerprint density at radius 1 is 0.938 bits per heavy atom. The van der Waals surface area contributed by atoms with Crippen LogP contribution in [0.4, 0.5) is 23.4 Å². The van der Waals surface area contributed by atoms with E-state index in [1.807, 2.05) is 24.3 Å². The summed E-state index contributed by atoms with van der Waals surface area (Å²) in [5, 5.41) is 2.81. The first-order chi connectivity index (χ1) is 23.0. The standard InChI is InChI=1S/C34H32F4N6O3S/c35-27-10-12-29(13-11-27)48(46,47)44-15-3-5-31(44)33(45)40-22-24-20-30(25-6-8-26(9-7-25)34(36,37)38)41-32(21-24)43-18-16-42(17-19-43)23-28-4-1-2-14-39-28/h1-14,20-21,31H,15-19,22-23H2,(H,40,45)/t31-/m0/s1. The molecule has 0 radical (unpaired) electrons. The largest absolute Gasteiger partial charge is 0.416 e. The number of alkyl halides is 3. The first-order valence-corrected chi connectivity index (χ1v) is 16.7. The van der Waals surface area contributed by atoms with Crippen LogP contribution in [-0.4, -0.2) is 72.3 Å². The van der Waals surface area contributed by atoms with Crippen molar-refractivity contribution in [3.63, 3.8) is 0 Å². The Hall–Kier alpha value is -4.66. The van der Waals surface area contributed by atoms with Gasteiger partial charge in [-0.05, 0) is 66.2 Å². The van der Waals surface area contributed by atoms with E-state index in [0.717, 1.165) is 59.5 Å². The highest BCUT2D eigenvalue weighted by Crippen LogP contribution is 2.32. The molecule has 1 N–H and O–H groups in total. The van der Waals surface area contributed by atoms with Gasteiger partial charge in [0.05, 0.1) is 21.8 Å². The average molecular weight is 681 g/mol. The van der Waals surface area contributed by atoms with Gasteiger partial charge in [-0.3, -0.25) is 14.7 Å². The van der Waals surface area contributed by atoms with E-state index in [0.29, 0.717) is 42.3 Å². The summed E-state index contributed by atoms with van der Waals surface area (Å²) in [6, 6.07) is 17.3. The van der Waals surface area contributed by atoms with Crippen LogP contribution in [0.5, 0.6) is 0 Å². The summed E-state index contributed by atoms with van der Waals surface area (Å²) in [5.74, 6) is -0.538. The number of hydrogen-bond donors (Lipinski definition) is 1. The van der Waals surface area contributed by atoms with Crippen molar-refractivity contribution in [2.45, 2.75) is 30.2 Å². The lowest BCUT2D eigenvalue weighted by molar-refractivity contribution is -0.137. The molecule has 0 aliphatic carbocycles. The number of sulfonamides is 1. The Morgan fingerprint density at radius 3 is 2.33 bits per heavy atom. The second-order valence-corrected chi connectivity index (χ2v) is 13.4. The molecule has 14 heteroatoms. The second-order valence-electron chi connectivity index (χ2n) is 11.5. The van der Waals surface area contributed by atoms with Gasteiger partial charge in [-0.15, -0.1) is 0 Å². The van der Waals surface area contributed by atoms with Crippen molar-refractivity contribution >= 4 is 21.7 Å². The van der Waals surface area contributed by atoms with Crippen molar-refractivity contribution in [1.82, 2.24) is 24.5 Å². The van der Waals surface area contributed by atoms with Gasteiger partial charge in [0.15, 0.2) is 0 Å². The number of anilines is 1. The smallest absolute Gasteiger partial charge is 0.354 e. The van der Waals surface area contributed by atoms with E-state index in [1.165, 1.54) is 18.2 Å². The molecule has 2 aromatic heterocycles. The number of rotatable bonds is 9. The van der Waals surface area contributed by atoms with Crippen molar-refractivity contribution in [2.75, 3.05) is 37.6 Å². The summed E-state index contributed by atoms with van der Waals surface area (Å²) >= 11 is 0. The van der Waals surface area contributed by atoms with Crippen LogP contribution >= 0.6 is 0 Å². The monoisotopic (exact) mass is 680 g/mol. The van der Waals surface area contributed by atoms with Crippen LogP contribution < -0.4 is 10.2 Å². The number of hydrogen-bond acceptors (Lipinski definition) is 7. The number of carbonyl (C=O) groups is 1. The number of benzene rings is 2. The van der Waals surface area contributed by atoms with Gasteiger partial charge in [-0.25, -0.2) is 17.8 Å². The third-order valence-corrected chi connectivity index (χ3v) is 10.1. The maximum atomic E-state index is 13.4. The lowest BCUT2D eigenvalue weighted by atomic mass is 10.1. The van der Waals surface area contributed by atoms with Gasteiger partial charge in [0.25, 0.3) is 0 Å². The van der Waals surface area contributed by atoms with Crippen LogP contribution in [0.3, 0.4) is 0 Å². The zero-order valence-corrected chi connectivity index (χ0v) is 26.5. The molecule has 4 aromatic rings. The molecule has 1 amide bonds. The number of aromatic nitrogens is 2. The Kier molecular flexibility index (Phi) is 9.58. The first kappa shape index (κ1) is 33.2. The van der Waals surface area contributed by atoms with Gasteiger partial charge in [0.1, 0.15) is 17.7 Å². The number of carbonyl (C=O) groups excluding carboxylic acids is 1. The fraction of sp³-hybridized carbons (Fsp3) is 0.265. The van der Waals surface area contributed by atoms with E-state index in [9.17, 15) is 30.8 Å². The summed E-state index contributed by atoms with van der Waals surface area (Å²) in [4.78, 5) is 26.8. The van der Waals surface area contributed by atoms with E-state index in [4.69, 9.17) is 4.98 Å². The molecule has 0 bridgehead atoms. The number of halogens is 4. The number of piperazine rings is 1. The lowest BCUT2D eigenvalue weighted by Crippen LogP contribution is -2.46. The van der Waals surface area contributed by atoms with Gasteiger partial charge in [-0.2, -0.15) is 17.5 Å². The summed E-state index contributed by atoms with van der Waals surface area (Å²) < 4.78 is 80.7. The van der Waals surface area contributed by atoms with Crippen LogP contribution in [0, 0.1) is 5.82 Å². The molecule has 1 atom stereocenters. The van der Waals surface area contributed by atoms with E-state index < -0.39 is 39.5 Å². The normalized spacial score (nSPS) is 17.5. The second kappa shape index (κ2) is 13.8. The van der Waals surface area contributed by atoms with Crippen molar-refractivity contribution in [1.29, 1.82) is 0 Å². The number of nitrogens with zero attached hydrogens (tertiary/aromatic N) is 5. The fourth-order valence-corrected chi connectivity index (χ4v) is 7.17. The molecule has 2 aromatic carbocycles. The van der Waals surface area contributed by atoms with Gasteiger partial charge >= 0.3 is 6.18 Å². The van der Waals surface area contributed by atoms with Gasteiger partial charge in [-0.1, -0.05) is 30.4 Å². The minimum atomic E-state index is -4.48. The van der Waals surface area contributed by atoms with Gasteiger partial charge in [0, 0.05) is 57.6 Å². The van der Waals surface area contributed by atoms with Crippen LogP contribution in [0.1, 0.15) is 16.8 Å². The van der Waals surface area contributed by atoms with Gasteiger partial charge in [0.2, 0.25) is 15.9 Å². The van der Waals surface area contributed by atoms with Crippen molar-refractivity contribution in [3.05, 3.63) is 120 Å². The molecule has 2 aliphatic heterocycles. The minimum Gasteiger partial charge on any atom is -0.354 e. The summed E-state index contributed by atoms with van der Waals surface area (Å²) in [6.07, 6.45) is 0.344. The summed E-state index contributed by atoms with van der Waals surface area (Å²) in [6.45, 7) is 3.45. The number of pyridine rings is 2. The molecule has 1 saturated heterocycles. The molecular formula is C34H32F4N6O3S. The molecule has 48 heavy (non-hydrogen) atoms. The molecule has 9 nitrogen and oxygen atoms in total. The zero-order chi connectivity index (χ0) is 33.9. The molecule has 1 fully saturated rings. The Morgan fingerprint density at radius 2 is 1.67 bits per heavy atom. The highest BCUT2D eigenvalue weighted by atomic mass is 32.2.